The second-order valence-electron chi connectivity index (χ2n) is 8.33. The maximum atomic E-state index is 12.9. The van der Waals surface area contributed by atoms with Gasteiger partial charge in [-0.15, -0.1) is 5.10 Å². The zero-order valence-corrected chi connectivity index (χ0v) is 22.2. The summed E-state index contributed by atoms with van der Waals surface area (Å²) in [4.78, 5) is 37.4. The Morgan fingerprint density at radius 3 is 2.13 bits per heavy atom. The molecule has 0 aliphatic rings. The molecule has 0 aromatic heterocycles. The molecule has 39 heavy (non-hydrogen) atoms. The second-order valence-corrected chi connectivity index (χ2v) is 8.33. The first kappa shape index (κ1) is 32.5. The van der Waals surface area contributed by atoms with Gasteiger partial charge in [0.05, 0.1) is 6.34 Å². The fourth-order valence-corrected chi connectivity index (χ4v) is 3.46. The summed E-state index contributed by atoms with van der Waals surface area (Å²) in [5, 5.41) is 20.2. The van der Waals surface area contributed by atoms with E-state index >= 15 is 0 Å². The number of guanidine groups is 1. The molecule has 0 fully saturated rings. The van der Waals surface area contributed by atoms with Crippen LogP contribution in [0.4, 0.5) is 0 Å². The van der Waals surface area contributed by atoms with Crippen molar-refractivity contribution in [3.8, 4) is 11.1 Å². The lowest BCUT2D eigenvalue weighted by atomic mass is 10.00. The van der Waals surface area contributed by atoms with E-state index in [0.29, 0.717) is 13.0 Å². The molecule has 3 amide bonds. The number of benzene rings is 2. The minimum absolute atomic E-state index is 0.116. The van der Waals surface area contributed by atoms with Gasteiger partial charge in [-0.3, -0.25) is 30.5 Å². The maximum absolute atomic E-state index is 12.9. The van der Waals surface area contributed by atoms with Crippen LogP contribution in [0.2, 0.25) is 0 Å². The van der Waals surface area contributed by atoms with Crippen LogP contribution in [0, 0.1) is 5.41 Å². The Morgan fingerprint density at radius 2 is 1.54 bits per heavy atom. The van der Waals surface area contributed by atoms with Crippen LogP contribution in [0.15, 0.2) is 59.7 Å². The van der Waals surface area contributed by atoms with Crippen LogP contribution >= 0.6 is 0 Å². The van der Waals surface area contributed by atoms with E-state index in [2.05, 4.69) is 37.5 Å². The number of hydrogen-bond donors (Lipinski definition) is 9. The van der Waals surface area contributed by atoms with Crippen molar-refractivity contribution >= 4 is 30.0 Å². The Bertz CT molecular complexity index is 1050. The number of hydrazine groups is 1. The van der Waals surface area contributed by atoms with Gasteiger partial charge in [0, 0.05) is 25.8 Å². The molecule has 0 radical (unpaired) electrons. The molecule has 1 unspecified atom stereocenters. The van der Waals surface area contributed by atoms with Crippen LogP contribution in [0.1, 0.15) is 31.2 Å². The third-order valence-corrected chi connectivity index (χ3v) is 5.41. The van der Waals surface area contributed by atoms with Crippen molar-refractivity contribution in [1.29, 1.82) is 5.41 Å². The summed E-state index contributed by atoms with van der Waals surface area (Å²) in [6.45, 7) is 1.37. The van der Waals surface area contributed by atoms with E-state index in [1.54, 1.807) is 0 Å². The van der Waals surface area contributed by atoms with Crippen molar-refractivity contribution in [2.24, 2.45) is 22.5 Å². The first-order valence-electron chi connectivity index (χ1n) is 12.5. The fraction of sp³-hybridized carbons (Fsp3) is 0.346. The summed E-state index contributed by atoms with van der Waals surface area (Å²) in [5.41, 5.74) is 9.58. The number of hydrogen-bond acceptors (Lipinski definition) is 8. The predicted molar refractivity (Wildman–Crippen MR) is 153 cm³/mol. The molecule has 0 bridgehead atoms. The molecule has 0 aliphatic carbocycles. The number of nitrogens with zero attached hydrogens (tertiary/aromatic N) is 1. The van der Waals surface area contributed by atoms with Crippen molar-refractivity contribution in [2.45, 2.75) is 38.1 Å². The summed E-state index contributed by atoms with van der Waals surface area (Å²) < 4.78 is 0. The number of carbonyl (C=O) groups is 3. The van der Waals surface area contributed by atoms with Gasteiger partial charge < -0.3 is 27.5 Å². The molecular weight excluding hydrogens is 500 g/mol. The van der Waals surface area contributed by atoms with Crippen molar-refractivity contribution < 1.29 is 14.4 Å². The minimum atomic E-state index is -0.778. The Labute approximate surface area is 228 Å². The topological polar surface area (TPSA) is 226 Å². The van der Waals surface area contributed by atoms with Gasteiger partial charge in [0.15, 0.2) is 0 Å². The highest BCUT2D eigenvalue weighted by atomic mass is 16.2. The van der Waals surface area contributed by atoms with E-state index in [9.17, 15) is 14.4 Å². The molecule has 13 nitrogen and oxygen atoms in total. The first-order valence-corrected chi connectivity index (χ1v) is 12.5. The van der Waals surface area contributed by atoms with Gasteiger partial charge in [-0.2, -0.15) is 0 Å². The standard InChI is InChI=1S/C25H36N8O3.CH4N2/c1-28-15-5-6-16-29-24(36)21(30-22(34)13-14-23(35)31-25(32-26)33-27)17-18-9-11-20(12-10-18)19-7-3-2-4-8-19;2-1-3/h2-4,7-12,21,28H,5-6,13-17,26-27H2,1H3,(H,29,36)(H,30,34)(H2,31,32,33,35);1H,(H3,2,3). The fourth-order valence-electron chi connectivity index (χ4n) is 3.46. The number of carbonyl (C=O) groups excluding carboxylic acids is 3. The number of rotatable bonds is 13. The van der Waals surface area contributed by atoms with Crippen LogP contribution in [0.3, 0.4) is 0 Å². The molecule has 0 aliphatic heterocycles. The van der Waals surface area contributed by atoms with Gasteiger partial charge in [0.1, 0.15) is 6.04 Å². The van der Waals surface area contributed by atoms with Gasteiger partial charge in [0.2, 0.25) is 23.7 Å². The maximum Gasteiger partial charge on any atom is 0.242 e. The zero-order valence-electron chi connectivity index (χ0n) is 22.2. The molecule has 13 heteroatoms. The molecule has 0 heterocycles. The molecule has 12 N–H and O–H groups in total. The Balaban J connectivity index is 0.00000242. The van der Waals surface area contributed by atoms with Gasteiger partial charge >= 0.3 is 0 Å². The van der Waals surface area contributed by atoms with E-state index in [0.717, 1.165) is 42.4 Å². The van der Waals surface area contributed by atoms with E-state index in [4.69, 9.17) is 17.1 Å². The average Bonchev–Trinajstić information content (AvgIpc) is 2.95. The average molecular weight is 541 g/mol. The third-order valence-electron chi connectivity index (χ3n) is 5.41. The Morgan fingerprint density at radius 1 is 0.949 bits per heavy atom. The van der Waals surface area contributed by atoms with Crippen LogP contribution in [-0.4, -0.2) is 56.2 Å². The first-order chi connectivity index (χ1) is 18.9. The van der Waals surface area contributed by atoms with Crippen molar-refractivity contribution in [2.75, 3.05) is 20.1 Å². The van der Waals surface area contributed by atoms with Gasteiger partial charge in [-0.1, -0.05) is 54.6 Å². The van der Waals surface area contributed by atoms with E-state index in [1.807, 2.05) is 61.6 Å². The summed E-state index contributed by atoms with van der Waals surface area (Å²) >= 11 is 0. The van der Waals surface area contributed by atoms with Gasteiger partial charge in [-0.25, -0.2) is 5.84 Å². The van der Waals surface area contributed by atoms with Crippen molar-refractivity contribution in [3.63, 3.8) is 0 Å². The lowest BCUT2D eigenvalue weighted by Gasteiger charge is -2.19. The van der Waals surface area contributed by atoms with Gasteiger partial charge in [-0.05, 0) is 43.1 Å². The molecule has 212 valence electrons. The number of amides is 3. The highest BCUT2D eigenvalue weighted by molar-refractivity contribution is 5.98. The molecule has 0 saturated carbocycles. The number of unbranched alkanes of at least 4 members (excludes halogenated alkanes) is 1. The predicted octanol–water partition coefficient (Wildman–Crippen LogP) is -0.362. The molecule has 2 aromatic rings. The molecule has 0 saturated heterocycles. The largest absolute Gasteiger partial charge is 0.390 e. The van der Waals surface area contributed by atoms with E-state index in [1.165, 1.54) is 0 Å². The Kier molecular flexibility index (Phi) is 16.4. The van der Waals surface area contributed by atoms with Crippen LogP contribution < -0.4 is 44.1 Å². The molecule has 2 aromatic carbocycles. The number of hydrazone groups is 1. The SMILES string of the molecule is CNCCCCNC(=O)C(Cc1ccc(-c2ccccc2)cc1)NC(=O)CCC(=O)N/C(=N/N)NN.N=CN. The highest BCUT2D eigenvalue weighted by Crippen LogP contribution is 2.19. The van der Waals surface area contributed by atoms with E-state index in [-0.39, 0.29) is 24.7 Å². The van der Waals surface area contributed by atoms with Crippen LogP contribution in [0.5, 0.6) is 0 Å². The lowest BCUT2D eigenvalue weighted by Crippen LogP contribution is -2.48. The summed E-state index contributed by atoms with van der Waals surface area (Å²) in [7, 11) is 1.88. The molecule has 0 spiro atoms. The monoisotopic (exact) mass is 540 g/mol. The Hall–Kier alpha value is -4.49. The smallest absolute Gasteiger partial charge is 0.242 e. The van der Waals surface area contributed by atoms with Crippen molar-refractivity contribution in [3.05, 3.63) is 60.2 Å². The minimum Gasteiger partial charge on any atom is -0.390 e. The lowest BCUT2D eigenvalue weighted by molar-refractivity contribution is -0.130. The van der Waals surface area contributed by atoms with Crippen LogP contribution in [0.25, 0.3) is 11.1 Å². The molecule has 1 atom stereocenters. The third kappa shape index (κ3) is 13.6. The zero-order chi connectivity index (χ0) is 28.9. The quantitative estimate of drug-likeness (QED) is 0.0534. The summed E-state index contributed by atoms with van der Waals surface area (Å²) in [6.07, 6.45) is 2.56. The molecular formula is C26H40N10O3. The summed E-state index contributed by atoms with van der Waals surface area (Å²) in [6, 6.07) is 17.1. The van der Waals surface area contributed by atoms with Gasteiger partial charge in [0.25, 0.3) is 0 Å². The summed E-state index contributed by atoms with van der Waals surface area (Å²) in [5.74, 6) is 8.94. The highest BCUT2D eigenvalue weighted by Gasteiger charge is 2.21. The van der Waals surface area contributed by atoms with Crippen LogP contribution in [-0.2, 0) is 20.8 Å². The van der Waals surface area contributed by atoms with E-state index < -0.39 is 17.9 Å². The normalized spacial score (nSPS) is 11.3. The second kappa shape index (κ2) is 19.6. The number of nitrogens with one attached hydrogen (secondary N) is 6. The number of nitrogens with two attached hydrogens (primary N) is 3. The molecule has 2 rings (SSSR count). The van der Waals surface area contributed by atoms with Crippen molar-refractivity contribution in [1.82, 2.24) is 26.7 Å².